The third-order valence-electron chi connectivity index (χ3n) is 6.88. The number of carbonyl (C=O) groups is 1. The highest BCUT2D eigenvalue weighted by Gasteiger charge is 2.34. The number of aromatic nitrogens is 4. The van der Waals surface area contributed by atoms with Gasteiger partial charge in [0.15, 0.2) is 11.5 Å². The maximum atomic E-state index is 13.8. The van der Waals surface area contributed by atoms with Crippen molar-refractivity contribution in [2.45, 2.75) is 24.5 Å². The van der Waals surface area contributed by atoms with Crippen LogP contribution in [0.4, 0.5) is 5.95 Å². The summed E-state index contributed by atoms with van der Waals surface area (Å²) in [5.74, 6) is 1.34. The molecule has 6 rings (SSSR count). The summed E-state index contributed by atoms with van der Waals surface area (Å²) >= 11 is 1.14. The Morgan fingerprint density at radius 1 is 1.07 bits per heavy atom. The lowest BCUT2D eigenvalue weighted by molar-refractivity contribution is -0.122. The van der Waals surface area contributed by atoms with Gasteiger partial charge in [0.1, 0.15) is 29.0 Å². The molecule has 41 heavy (non-hydrogen) atoms. The highest BCUT2D eigenvalue weighted by Crippen LogP contribution is 2.33. The minimum atomic E-state index is -4.01. The van der Waals surface area contributed by atoms with E-state index in [0.717, 1.165) is 15.9 Å². The maximum Gasteiger partial charge on any atom is 0.263 e. The molecule has 5 heterocycles. The van der Waals surface area contributed by atoms with Gasteiger partial charge in [-0.1, -0.05) is 12.1 Å². The number of anilines is 1. The number of hydrogen-bond donors (Lipinski definition) is 1. The van der Waals surface area contributed by atoms with E-state index in [0.29, 0.717) is 40.2 Å². The van der Waals surface area contributed by atoms with Gasteiger partial charge in [0.25, 0.3) is 5.56 Å². The largest absolute Gasteiger partial charge is 0.486 e. The van der Waals surface area contributed by atoms with Crippen LogP contribution in [-0.4, -0.2) is 83.6 Å². The van der Waals surface area contributed by atoms with Crippen LogP contribution in [0, 0.1) is 6.92 Å². The van der Waals surface area contributed by atoms with E-state index in [1.807, 2.05) is 17.0 Å². The van der Waals surface area contributed by atoms with Crippen LogP contribution in [-0.2, 0) is 21.4 Å². The lowest BCUT2D eigenvalue weighted by Gasteiger charge is -2.33. The highest BCUT2D eigenvalue weighted by molar-refractivity contribution is 7.89. The first-order chi connectivity index (χ1) is 19.8. The molecule has 0 radical (unpaired) electrons. The fourth-order valence-corrected chi connectivity index (χ4v) is 7.94. The number of ether oxygens (including phenoxy) is 2. The van der Waals surface area contributed by atoms with Crippen LogP contribution in [0.25, 0.3) is 10.2 Å². The average molecular weight is 598 g/mol. The normalized spacial score (nSPS) is 17.5. The SMILES string of the molecule is Cc1sc2ncn(CC(=O)NCC3COc4ccccc4O3)c(=O)c2c1S(=O)(=O)N1CCN(c2ncccn2)CC1. The molecule has 0 spiro atoms. The standard InChI is InChI=1S/C26H27N7O6S2/c1-17-23(41(36,37)33-11-9-31(10-12-33)26-27-7-4-8-28-26)22-24(40-17)30-16-32(25(22)35)14-21(34)29-13-18-15-38-19-5-2-3-6-20(19)39-18/h2-8,16,18H,9-15H2,1H3,(H,29,34). The zero-order valence-corrected chi connectivity index (χ0v) is 23.7. The quantitative estimate of drug-likeness (QED) is 0.327. The van der Waals surface area contributed by atoms with Crippen molar-refractivity contribution >= 4 is 43.4 Å². The molecule has 15 heteroatoms. The zero-order chi connectivity index (χ0) is 28.6. The molecule has 13 nitrogen and oxygen atoms in total. The summed E-state index contributed by atoms with van der Waals surface area (Å²) in [6, 6.07) is 8.99. The van der Waals surface area contributed by atoms with E-state index >= 15 is 0 Å². The number of sulfonamides is 1. The van der Waals surface area contributed by atoms with Crippen molar-refractivity contribution in [1.29, 1.82) is 0 Å². The van der Waals surface area contributed by atoms with Gasteiger partial charge in [0.2, 0.25) is 21.9 Å². The molecule has 1 fully saturated rings. The van der Waals surface area contributed by atoms with Crippen LogP contribution in [0.1, 0.15) is 4.88 Å². The number of amides is 1. The Balaban J connectivity index is 1.16. The number of thiophene rings is 1. The van der Waals surface area contributed by atoms with Crippen molar-refractivity contribution in [3.63, 3.8) is 0 Å². The van der Waals surface area contributed by atoms with Crippen LogP contribution in [0.5, 0.6) is 11.5 Å². The van der Waals surface area contributed by atoms with Crippen LogP contribution in [0.15, 0.2) is 58.7 Å². The Hall–Kier alpha value is -4.08. The van der Waals surface area contributed by atoms with Crippen LogP contribution < -0.4 is 25.2 Å². The molecular formula is C26H27N7O6S2. The lowest BCUT2D eigenvalue weighted by Crippen LogP contribution is -2.49. The Morgan fingerprint density at radius 2 is 1.80 bits per heavy atom. The number of benzene rings is 1. The van der Waals surface area contributed by atoms with Gasteiger partial charge in [-0.25, -0.2) is 23.4 Å². The molecule has 0 bridgehead atoms. The van der Waals surface area contributed by atoms with Crippen molar-refractivity contribution < 1.29 is 22.7 Å². The summed E-state index contributed by atoms with van der Waals surface area (Å²) in [7, 11) is -4.01. The number of piperazine rings is 1. The predicted molar refractivity (Wildman–Crippen MR) is 151 cm³/mol. The van der Waals surface area contributed by atoms with Crippen molar-refractivity contribution in [2.75, 3.05) is 44.2 Å². The molecule has 1 atom stereocenters. The van der Waals surface area contributed by atoms with Gasteiger partial charge in [-0.3, -0.25) is 14.2 Å². The Morgan fingerprint density at radius 3 is 2.56 bits per heavy atom. The van der Waals surface area contributed by atoms with Crippen molar-refractivity contribution in [1.82, 2.24) is 29.1 Å². The van der Waals surface area contributed by atoms with Crippen LogP contribution >= 0.6 is 11.3 Å². The molecule has 2 aliphatic heterocycles. The molecule has 0 saturated carbocycles. The second-order valence-corrected chi connectivity index (χ2v) is 12.7. The monoisotopic (exact) mass is 597 g/mol. The van der Waals surface area contributed by atoms with Crippen molar-refractivity contribution in [3.05, 3.63) is 64.3 Å². The molecule has 0 aliphatic carbocycles. The summed E-state index contributed by atoms with van der Waals surface area (Å²) < 4.78 is 41.6. The third-order valence-corrected chi connectivity index (χ3v) is 10.1. The first kappa shape index (κ1) is 27.1. The second kappa shape index (κ2) is 11.1. The topological polar surface area (TPSA) is 149 Å². The molecule has 1 amide bonds. The summed E-state index contributed by atoms with van der Waals surface area (Å²) in [4.78, 5) is 41.7. The number of carbonyl (C=O) groups excluding carboxylic acids is 1. The molecule has 1 unspecified atom stereocenters. The summed E-state index contributed by atoms with van der Waals surface area (Å²) in [6.45, 7) is 3.03. The Labute approximate surface area is 239 Å². The molecule has 1 saturated heterocycles. The number of aryl methyl sites for hydroxylation is 1. The van der Waals surface area contributed by atoms with Gasteiger partial charge in [-0.15, -0.1) is 11.3 Å². The van der Waals surface area contributed by atoms with Gasteiger partial charge in [-0.2, -0.15) is 4.31 Å². The lowest BCUT2D eigenvalue weighted by atomic mass is 10.2. The minimum absolute atomic E-state index is 0.00255. The second-order valence-electron chi connectivity index (χ2n) is 9.59. The van der Waals surface area contributed by atoms with E-state index in [4.69, 9.17) is 9.47 Å². The smallest absolute Gasteiger partial charge is 0.263 e. The molecule has 3 aromatic heterocycles. The number of nitrogens with one attached hydrogen (secondary N) is 1. The van der Waals surface area contributed by atoms with E-state index < -0.39 is 27.6 Å². The van der Waals surface area contributed by atoms with Crippen LogP contribution in [0.2, 0.25) is 0 Å². The van der Waals surface area contributed by atoms with Gasteiger partial charge >= 0.3 is 0 Å². The van der Waals surface area contributed by atoms with Gasteiger partial charge < -0.3 is 19.7 Å². The highest BCUT2D eigenvalue weighted by atomic mass is 32.2. The number of nitrogens with zero attached hydrogens (tertiary/aromatic N) is 6. The third kappa shape index (κ3) is 5.35. The van der Waals surface area contributed by atoms with Gasteiger partial charge in [0.05, 0.1) is 18.3 Å². The number of fused-ring (bicyclic) bond motifs is 2. The fourth-order valence-electron chi connectivity index (χ4n) is 4.85. The van der Waals surface area contributed by atoms with Gasteiger partial charge in [0, 0.05) is 43.4 Å². The molecule has 2 aliphatic rings. The van der Waals surface area contributed by atoms with E-state index in [9.17, 15) is 18.0 Å². The first-order valence-electron chi connectivity index (χ1n) is 13.0. The molecule has 214 valence electrons. The summed E-state index contributed by atoms with van der Waals surface area (Å²) in [5, 5.41) is 2.75. The number of hydrogen-bond acceptors (Lipinski definition) is 11. The molecule has 1 N–H and O–H groups in total. The van der Waals surface area contributed by atoms with Gasteiger partial charge in [-0.05, 0) is 25.1 Å². The van der Waals surface area contributed by atoms with E-state index in [1.165, 1.54) is 10.6 Å². The maximum absolute atomic E-state index is 13.8. The Kier molecular flexibility index (Phi) is 7.32. The summed E-state index contributed by atoms with van der Waals surface area (Å²) in [5.41, 5.74) is -0.587. The zero-order valence-electron chi connectivity index (χ0n) is 22.1. The predicted octanol–water partition coefficient (Wildman–Crippen LogP) is 1.02. The van der Waals surface area contributed by atoms with E-state index in [-0.39, 0.29) is 43.1 Å². The average Bonchev–Trinajstić information content (AvgIpc) is 3.35. The molecule has 1 aromatic carbocycles. The summed E-state index contributed by atoms with van der Waals surface area (Å²) in [6.07, 6.45) is 4.16. The van der Waals surface area contributed by atoms with Crippen LogP contribution in [0.3, 0.4) is 0 Å². The number of para-hydroxylation sites is 2. The molecular weight excluding hydrogens is 570 g/mol. The van der Waals surface area contributed by atoms with E-state index in [2.05, 4.69) is 20.3 Å². The molecule has 4 aromatic rings. The first-order valence-corrected chi connectivity index (χ1v) is 15.2. The Bertz CT molecular complexity index is 1750. The van der Waals surface area contributed by atoms with Crippen molar-refractivity contribution in [2.24, 2.45) is 0 Å². The van der Waals surface area contributed by atoms with Crippen molar-refractivity contribution in [3.8, 4) is 11.5 Å². The number of rotatable bonds is 7. The van der Waals surface area contributed by atoms with E-state index in [1.54, 1.807) is 37.5 Å². The minimum Gasteiger partial charge on any atom is -0.486 e. The fraction of sp³-hybridized carbons (Fsp3) is 0.346.